The molecule has 0 aliphatic rings. The van der Waals surface area contributed by atoms with Crippen molar-refractivity contribution in [2.24, 2.45) is 0 Å². The molecule has 0 amide bonds. The van der Waals surface area contributed by atoms with Crippen LogP contribution in [0.4, 0.5) is 0 Å². The van der Waals surface area contributed by atoms with Gasteiger partial charge in [-0.15, -0.1) is 0 Å². The van der Waals surface area contributed by atoms with Crippen LogP contribution in [0.3, 0.4) is 0 Å². The first-order valence-corrected chi connectivity index (χ1v) is 0.548. The summed E-state index contributed by atoms with van der Waals surface area (Å²) in [5, 5.41) is 14.8. The van der Waals surface area contributed by atoms with Crippen molar-refractivity contribution in [2.45, 2.75) is 0 Å². The van der Waals surface area contributed by atoms with Gasteiger partial charge in [0, 0.05) is 0 Å². The van der Waals surface area contributed by atoms with Gasteiger partial charge in [-0.2, -0.15) is 0 Å². The summed E-state index contributed by atoms with van der Waals surface area (Å²) in [5.74, 6) is 0. The van der Waals surface area contributed by atoms with Gasteiger partial charge >= 0.3 is 35.6 Å². The summed E-state index contributed by atoms with van der Waals surface area (Å²) in [6, 6.07) is 0. The molecule has 0 saturated heterocycles. The molecule has 0 spiro atoms. The SMILES string of the molecule is O=[N+]([O-])[O-].[Cl-].[La+2]. The Kier molecular flexibility index (Phi) is 24.4. The number of hydrogen-bond donors (Lipinski definition) is 0. The predicted molar refractivity (Wildman–Crippen MR) is 10.4 cm³/mol. The standard InChI is InChI=1S/ClH.La.NO3/c;;2-1(3)4/h1H;;/q;+2;-1/p-1. The maximum absolute atomic E-state index is 8.25. The Hall–Kier alpha value is 0.685. The first kappa shape index (κ1) is 15.9. The van der Waals surface area contributed by atoms with Gasteiger partial charge in [-0.3, -0.25) is 0 Å². The smallest absolute Gasteiger partial charge is 1.00 e. The largest absolute Gasteiger partial charge is 2.00 e. The van der Waals surface area contributed by atoms with Gasteiger partial charge in [0.25, 0.3) is 0 Å². The van der Waals surface area contributed by atoms with E-state index in [0.717, 1.165) is 0 Å². The molecule has 0 unspecified atom stereocenters. The number of rotatable bonds is 0. The van der Waals surface area contributed by atoms with Gasteiger partial charge < -0.3 is 27.7 Å². The van der Waals surface area contributed by atoms with E-state index in [1.165, 1.54) is 0 Å². The summed E-state index contributed by atoms with van der Waals surface area (Å²) in [4.78, 5) is 8.25. The van der Waals surface area contributed by atoms with Crippen molar-refractivity contribution in [2.75, 3.05) is 0 Å². The minimum atomic E-state index is -1.75. The summed E-state index contributed by atoms with van der Waals surface area (Å²) in [6.45, 7) is 0. The average Bonchev–Trinajstić information content (AvgIpc) is 0.811. The zero-order chi connectivity index (χ0) is 3.58. The van der Waals surface area contributed by atoms with Crippen LogP contribution in [-0.4, -0.2) is 5.09 Å². The maximum Gasteiger partial charge on any atom is 2.00 e. The van der Waals surface area contributed by atoms with Crippen molar-refractivity contribution in [1.82, 2.24) is 0 Å². The van der Waals surface area contributed by atoms with E-state index in [2.05, 4.69) is 0 Å². The third-order valence-corrected chi connectivity index (χ3v) is 0. The molecule has 33 valence electrons. The monoisotopic (exact) mass is 236 g/mol. The second kappa shape index (κ2) is 9.19. The Bertz CT molecular complexity index is 33.8. The molecule has 0 heterocycles. The number of hydrogen-bond acceptors (Lipinski definition) is 3. The number of halogens is 1. The molecule has 0 fully saturated rings. The normalized spacial score (nSPS) is 4.00. The van der Waals surface area contributed by atoms with Gasteiger partial charge in [0.15, 0.2) is 0 Å². The summed E-state index contributed by atoms with van der Waals surface area (Å²) >= 11 is 0. The van der Waals surface area contributed by atoms with Gasteiger partial charge in [-0.1, -0.05) is 0 Å². The van der Waals surface area contributed by atoms with Gasteiger partial charge in [0.2, 0.25) is 0 Å². The van der Waals surface area contributed by atoms with Crippen molar-refractivity contribution in [1.29, 1.82) is 0 Å². The van der Waals surface area contributed by atoms with E-state index >= 15 is 0 Å². The average molecular weight is 236 g/mol. The minimum Gasteiger partial charge on any atom is -1.00 e. The third-order valence-electron chi connectivity index (χ3n) is 0. The Balaban J connectivity index is -0.0000000450. The maximum atomic E-state index is 8.25. The Morgan fingerprint density at radius 3 is 1.33 bits per heavy atom. The van der Waals surface area contributed by atoms with Crippen molar-refractivity contribution >= 4 is 0 Å². The minimum absolute atomic E-state index is 0. The molecule has 0 atom stereocenters. The second-order valence-corrected chi connectivity index (χ2v) is 0.224. The van der Waals surface area contributed by atoms with Crippen LogP contribution < -0.4 is 12.4 Å². The summed E-state index contributed by atoms with van der Waals surface area (Å²) < 4.78 is 0. The third kappa shape index (κ3) is 136. The first-order chi connectivity index (χ1) is 1.73. The Morgan fingerprint density at radius 1 is 1.33 bits per heavy atom. The number of nitrogens with zero attached hydrogens (tertiary/aromatic N) is 1. The molecular formula is ClLaNO3. The molecule has 0 rings (SSSR count). The molecule has 0 bridgehead atoms. The fourth-order valence-electron chi connectivity index (χ4n) is 0. The van der Waals surface area contributed by atoms with Crippen LogP contribution in [0.15, 0.2) is 0 Å². The molecule has 0 aromatic carbocycles. The molecule has 0 aromatic rings. The summed E-state index contributed by atoms with van der Waals surface area (Å²) in [7, 11) is 0. The zero-order valence-electron chi connectivity index (χ0n) is 2.63. The van der Waals surface area contributed by atoms with Crippen LogP contribution in [0.25, 0.3) is 0 Å². The zero-order valence-corrected chi connectivity index (χ0v) is 7.01. The van der Waals surface area contributed by atoms with Crippen molar-refractivity contribution in [3.05, 3.63) is 15.3 Å². The second-order valence-electron chi connectivity index (χ2n) is 0.224. The van der Waals surface area contributed by atoms with Crippen LogP contribution in [0, 0.1) is 50.9 Å². The Labute approximate surface area is 68.0 Å². The van der Waals surface area contributed by atoms with Gasteiger partial charge in [-0.25, -0.2) is 0 Å². The van der Waals surface area contributed by atoms with Gasteiger partial charge in [-0.05, 0) is 0 Å². The van der Waals surface area contributed by atoms with Crippen molar-refractivity contribution in [3.63, 3.8) is 0 Å². The van der Waals surface area contributed by atoms with E-state index in [1.807, 2.05) is 0 Å². The van der Waals surface area contributed by atoms with Crippen LogP contribution in [0.2, 0.25) is 0 Å². The first-order valence-electron chi connectivity index (χ1n) is 0.548. The van der Waals surface area contributed by atoms with E-state index in [-0.39, 0.29) is 48.0 Å². The molecule has 4 nitrogen and oxygen atoms in total. The molecule has 1 radical (unpaired) electrons. The van der Waals surface area contributed by atoms with E-state index < -0.39 is 5.09 Å². The van der Waals surface area contributed by atoms with Crippen LogP contribution in [0.1, 0.15) is 0 Å². The van der Waals surface area contributed by atoms with Crippen LogP contribution in [0.5, 0.6) is 0 Å². The van der Waals surface area contributed by atoms with Crippen molar-refractivity contribution < 1.29 is 53.1 Å². The van der Waals surface area contributed by atoms with Crippen LogP contribution >= 0.6 is 0 Å². The summed E-state index contributed by atoms with van der Waals surface area (Å²) in [6.07, 6.45) is 0. The quantitative estimate of drug-likeness (QED) is 0.328. The molecular weight excluding hydrogens is 236 g/mol. The van der Waals surface area contributed by atoms with E-state index in [4.69, 9.17) is 15.3 Å². The Morgan fingerprint density at radius 2 is 1.33 bits per heavy atom. The van der Waals surface area contributed by atoms with Crippen LogP contribution in [-0.2, 0) is 0 Å². The van der Waals surface area contributed by atoms with Gasteiger partial charge in [0.1, 0.15) is 0 Å². The topological polar surface area (TPSA) is 66.2 Å². The molecule has 0 aliphatic carbocycles. The molecule has 6 heteroatoms. The molecule has 6 heavy (non-hydrogen) atoms. The van der Waals surface area contributed by atoms with Gasteiger partial charge in [0.05, 0.1) is 5.09 Å². The predicted octanol–water partition coefficient (Wildman–Crippen LogP) is -3.24. The van der Waals surface area contributed by atoms with Crippen molar-refractivity contribution in [3.8, 4) is 0 Å². The fraction of sp³-hybridized carbons (Fsp3) is 0. The molecule has 0 aliphatic heterocycles. The van der Waals surface area contributed by atoms with E-state index in [9.17, 15) is 0 Å². The molecule has 0 saturated carbocycles. The summed E-state index contributed by atoms with van der Waals surface area (Å²) in [5.41, 5.74) is 0. The van der Waals surface area contributed by atoms with E-state index in [1.54, 1.807) is 0 Å². The fourth-order valence-corrected chi connectivity index (χ4v) is 0. The molecule has 0 aromatic heterocycles. The van der Waals surface area contributed by atoms with E-state index in [0.29, 0.717) is 0 Å². The molecule has 0 N–H and O–H groups in total.